The van der Waals surface area contributed by atoms with Crippen molar-refractivity contribution < 1.29 is 4.74 Å². The summed E-state index contributed by atoms with van der Waals surface area (Å²) in [6.45, 7) is 2.71. The van der Waals surface area contributed by atoms with Gasteiger partial charge in [0, 0.05) is 19.2 Å². The van der Waals surface area contributed by atoms with E-state index in [0.717, 1.165) is 19.8 Å². The summed E-state index contributed by atoms with van der Waals surface area (Å²) in [4.78, 5) is 0. The summed E-state index contributed by atoms with van der Waals surface area (Å²) in [5, 5.41) is 6.20. The lowest BCUT2D eigenvalue weighted by Gasteiger charge is -2.23. The van der Waals surface area contributed by atoms with E-state index < -0.39 is 0 Å². The van der Waals surface area contributed by atoms with Crippen molar-refractivity contribution in [1.29, 1.82) is 0 Å². The summed E-state index contributed by atoms with van der Waals surface area (Å²) >= 11 is 0. The van der Waals surface area contributed by atoms with Crippen LogP contribution in [-0.2, 0) is 11.3 Å². The van der Waals surface area contributed by atoms with Gasteiger partial charge in [0.25, 0.3) is 0 Å². The van der Waals surface area contributed by atoms with Gasteiger partial charge in [0.1, 0.15) is 0 Å². The summed E-state index contributed by atoms with van der Waals surface area (Å²) in [5.41, 5.74) is 1.35. The van der Waals surface area contributed by atoms with E-state index in [1.807, 2.05) is 0 Å². The van der Waals surface area contributed by atoms with Gasteiger partial charge in [-0.25, -0.2) is 0 Å². The Kier molecular flexibility index (Phi) is 3.58. The minimum absolute atomic E-state index is 0.519. The van der Waals surface area contributed by atoms with Crippen LogP contribution in [0.15, 0.2) is 42.5 Å². The number of rotatable bonds is 3. The molecule has 0 radical (unpaired) electrons. The van der Waals surface area contributed by atoms with Crippen LogP contribution in [0.25, 0.3) is 10.8 Å². The predicted octanol–water partition coefficient (Wildman–Crippen LogP) is 3.11. The van der Waals surface area contributed by atoms with Gasteiger partial charge in [-0.2, -0.15) is 0 Å². The maximum Gasteiger partial charge on any atom is 0.0619 e. The highest BCUT2D eigenvalue weighted by Crippen LogP contribution is 2.16. The summed E-state index contributed by atoms with van der Waals surface area (Å²) < 4.78 is 5.48. The van der Waals surface area contributed by atoms with Gasteiger partial charge in [-0.15, -0.1) is 0 Å². The molecule has 1 heterocycles. The van der Waals surface area contributed by atoms with Gasteiger partial charge in [-0.3, -0.25) is 0 Å². The molecule has 0 amide bonds. The first-order chi connectivity index (χ1) is 8.92. The first-order valence-electron chi connectivity index (χ1n) is 6.71. The Morgan fingerprint density at radius 2 is 2.00 bits per heavy atom. The maximum atomic E-state index is 5.48. The number of hydrogen-bond donors (Lipinski definition) is 1. The summed E-state index contributed by atoms with van der Waals surface area (Å²) in [6.07, 6.45) is 2.41. The summed E-state index contributed by atoms with van der Waals surface area (Å²) in [7, 11) is 0. The van der Waals surface area contributed by atoms with E-state index in [1.165, 1.54) is 29.2 Å². The zero-order valence-corrected chi connectivity index (χ0v) is 10.6. The smallest absolute Gasteiger partial charge is 0.0619 e. The van der Waals surface area contributed by atoms with Gasteiger partial charge < -0.3 is 10.1 Å². The first-order valence-corrected chi connectivity index (χ1v) is 6.71. The molecule has 0 spiro atoms. The molecule has 18 heavy (non-hydrogen) atoms. The van der Waals surface area contributed by atoms with E-state index >= 15 is 0 Å². The topological polar surface area (TPSA) is 21.3 Å². The van der Waals surface area contributed by atoms with E-state index in [2.05, 4.69) is 47.8 Å². The van der Waals surface area contributed by atoms with E-state index in [-0.39, 0.29) is 0 Å². The average molecular weight is 241 g/mol. The molecule has 1 unspecified atom stereocenters. The highest BCUT2D eigenvalue weighted by atomic mass is 16.5. The second kappa shape index (κ2) is 5.51. The fraction of sp³-hybridized carbons (Fsp3) is 0.375. The highest BCUT2D eigenvalue weighted by Gasteiger charge is 2.12. The molecule has 1 atom stereocenters. The largest absolute Gasteiger partial charge is 0.380 e. The fourth-order valence-electron chi connectivity index (χ4n) is 2.51. The molecular formula is C16H19NO. The van der Waals surface area contributed by atoms with Crippen LogP contribution in [0.2, 0.25) is 0 Å². The van der Waals surface area contributed by atoms with E-state index in [0.29, 0.717) is 6.04 Å². The van der Waals surface area contributed by atoms with Gasteiger partial charge in [0.05, 0.1) is 6.61 Å². The van der Waals surface area contributed by atoms with Crippen molar-refractivity contribution in [2.24, 2.45) is 0 Å². The second-order valence-electron chi connectivity index (χ2n) is 4.98. The molecule has 2 nitrogen and oxygen atoms in total. The Hall–Kier alpha value is -1.38. The van der Waals surface area contributed by atoms with E-state index in [9.17, 15) is 0 Å². The molecule has 2 heteroatoms. The molecule has 0 aromatic heterocycles. The Labute approximate surface area is 108 Å². The second-order valence-corrected chi connectivity index (χ2v) is 4.98. The molecule has 1 aliphatic heterocycles. The van der Waals surface area contributed by atoms with Gasteiger partial charge in [0.2, 0.25) is 0 Å². The number of nitrogens with one attached hydrogen (secondary N) is 1. The van der Waals surface area contributed by atoms with Crippen LogP contribution in [-0.4, -0.2) is 19.3 Å². The third kappa shape index (κ3) is 2.71. The van der Waals surface area contributed by atoms with Crippen molar-refractivity contribution >= 4 is 10.8 Å². The Balaban J connectivity index is 1.66. The molecule has 0 bridgehead atoms. The lowest BCUT2D eigenvalue weighted by atomic mass is 10.1. The molecule has 2 aromatic carbocycles. The number of hydrogen-bond acceptors (Lipinski definition) is 2. The van der Waals surface area contributed by atoms with Gasteiger partial charge in [-0.05, 0) is 35.2 Å². The zero-order valence-electron chi connectivity index (χ0n) is 10.6. The van der Waals surface area contributed by atoms with Crippen LogP contribution in [0, 0.1) is 0 Å². The lowest BCUT2D eigenvalue weighted by Crippen LogP contribution is -2.36. The van der Waals surface area contributed by atoms with Crippen LogP contribution >= 0.6 is 0 Å². The van der Waals surface area contributed by atoms with Crippen molar-refractivity contribution in [3.63, 3.8) is 0 Å². The van der Waals surface area contributed by atoms with Gasteiger partial charge in [0.15, 0.2) is 0 Å². The third-order valence-electron chi connectivity index (χ3n) is 3.57. The van der Waals surface area contributed by atoms with Crippen molar-refractivity contribution in [2.45, 2.75) is 25.4 Å². The van der Waals surface area contributed by atoms with Crippen LogP contribution in [0.4, 0.5) is 0 Å². The van der Waals surface area contributed by atoms with E-state index in [4.69, 9.17) is 4.74 Å². The molecular weight excluding hydrogens is 222 g/mol. The molecule has 0 saturated carbocycles. The Morgan fingerprint density at radius 1 is 1.11 bits per heavy atom. The predicted molar refractivity (Wildman–Crippen MR) is 74.6 cm³/mol. The van der Waals surface area contributed by atoms with Crippen LogP contribution in [0.5, 0.6) is 0 Å². The maximum absolute atomic E-state index is 5.48. The molecule has 1 fully saturated rings. The number of benzene rings is 2. The fourth-order valence-corrected chi connectivity index (χ4v) is 2.51. The van der Waals surface area contributed by atoms with Gasteiger partial charge in [-0.1, -0.05) is 36.4 Å². The Morgan fingerprint density at radius 3 is 2.83 bits per heavy atom. The molecule has 1 aliphatic rings. The third-order valence-corrected chi connectivity index (χ3v) is 3.57. The number of ether oxygens (including phenoxy) is 1. The zero-order chi connectivity index (χ0) is 12.2. The summed E-state index contributed by atoms with van der Waals surface area (Å²) in [5.74, 6) is 0. The molecule has 2 aromatic rings. The Bertz CT molecular complexity index is 517. The standard InChI is InChI=1S/C16H19NO/c1-2-5-15-10-13(7-8-14(15)4-1)11-17-16-6-3-9-18-12-16/h1-2,4-5,7-8,10,16-17H,3,6,9,11-12H2. The van der Waals surface area contributed by atoms with Crippen LogP contribution < -0.4 is 5.32 Å². The van der Waals surface area contributed by atoms with E-state index in [1.54, 1.807) is 0 Å². The monoisotopic (exact) mass is 241 g/mol. The molecule has 94 valence electrons. The van der Waals surface area contributed by atoms with Crippen LogP contribution in [0.3, 0.4) is 0 Å². The molecule has 0 aliphatic carbocycles. The van der Waals surface area contributed by atoms with Gasteiger partial charge >= 0.3 is 0 Å². The first kappa shape index (κ1) is 11.7. The van der Waals surface area contributed by atoms with Crippen molar-refractivity contribution in [2.75, 3.05) is 13.2 Å². The average Bonchev–Trinajstić information content (AvgIpc) is 2.46. The van der Waals surface area contributed by atoms with Crippen LogP contribution in [0.1, 0.15) is 18.4 Å². The SMILES string of the molecule is c1ccc2cc(CNC3CCCOC3)ccc2c1. The highest BCUT2D eigenvalue weighted by molar-refractivity contribution is 5.82. The molecule has 1 N–H and O–H groups in total. The van der Waals surface area contributed by atoms with Crippen molar-refractivity contribution in [3.8, 4) is 0 Å². The summed E-state index contributed by atoms with van der Waals surface area (Å²) in [6, 6.07) is 15.7. The molecule has 1 saturated heterocycles. The minimum atomic E-state index is 0.519. The van der Waals surface area contributed by atoms with Crippen molar-refractivity contribution in [3.05, 3.63) is 48.0 Å². The normalized spacial score (nSPS) is 20.1. The minimum Gasteiger partial charge on any atom is -0.380 e. The number of fused-ring (bicyclic) bond motifs is 1. The van der Waals surface area contributed by atoms with Crippen molar-refractivity contribution in [1.82, 2.24) is 5.32 Å². The lowest BCUT2D eigenvalue weighted by molar-refractivity contribution is 0.0699. The quantitative estimate of drug-likeness (QED) is 0.891. The molecule has 3 rings (SSSR count).